The number of benzene rings is 1. The highest BCUT2D eigenvalue weighted by atomic mass is 19.1. The van der Waals surface area contributed by atoms with E-state index in [4.69, 9.17) is 9.47 Å². The second-order valence-corrected chi connectivity index (χ2v) is 4.96. The van der Waals surface area contributed by atoms with Crippen molar-refractivity contribution in [1.29, 1.82) is 0 Å². The SMILES string of the molecule is CC(=O)N1CCOCC(O)(COc2cccc(F)c2)C1. The molecule has 0 bridgehead atoms. The summed E-state index contributed by atoms with van der Waals surface area (Å²) in [6, 6.07) is 5.68. The molecule has 1 aliphatic heterocycles. The lowest BCUT2D eigenvalue weighted by atomic mass is 10.1. The van der Waals surface area contributed by atoms with Crippen LogP contribution in [0.1, 0.15) is 6.92 Å². The molecule has 20 heavy (non-hydrogen) atoms. The molecule has 2 rings (SSSR count). The van der Waals surface area contributed by atoms with Gasteiger partial charge in [-0.3, -0.25) is 4.79 Å². The predicted octanol–water partition coefficient (Wildman–Crippen LogP) is 0.814. The molecule has 1 aromatic rings. The third-order valence-electron chi connectivity index (χ3n) is 3.11. The van der Waals surface area contributed by atoms with E-state index in [9.17, 15) is 14.3 Å². The fourth-order valence-electron chi connectivity index (χ4n) is 2.05. The molecular formula is C14H18FNO4. The number of nitrogens with zero attached hydrogens (tertiary/aromatic N) is 1. The number of rotatable bonds is 3. The van der Waals surface area contributed by atoms with Crippen LogP contribution in [0, 0.1) is 5.82 Å². The lowest BCUT2D eigenvalue weighted by molar-refractivity contribution is -0.132. The molecule has 1 amide bonds. The van der Waals surface area contributed by atoms with Crippen molar-refractivity contribution >= 4 is 5.91 Å². The number of halogens is 1. The molecule has 0 spiro atoms. The van der Waals surface area contributed by atoms with Crippen molar-refractivity contribution in [2.45, 2.75) is 12.5 Å². The summed E-state index contributed by atoms with van der Waals surface area (Å²) in [5.74, 6) is -0.200. The van der Waals surface area contributed by atoms with Gasteiger partial charge in [0.15, 0.2) is 0 Å². The molecule has 1 saturated heterocycles. The molecule has 6 heteroatoms. The van der Waals surface area contributed by atoms with Crippen LogP contribution in [0.15, 0.2) is 24.3 Å². The van der Waals surface area contributed by atoms with Crippen molar-refractivity contribution < 1.29 is 23.8 Å². The van der Waals surface area contributed by atoms with Gasteiger partial charge >= 0.3 is 0 Å². The fraction of sp³-hybridized carbons (Fsp3) is 0.500. The first kappa shape index (κ1) is 14.7. The average molecular weight is 283 g/mol. The van der Waals surface area contributed by atoms with E-state index in [1.54, 1.807) is 6.07 Å². The predicted molar refractivity (Wildman–Crippen MR) is 69.9 cm³/mol. The van der Waals surface area contributed by atoms with E-state index in [1.807, 2.05) is 0 Å². The van der Waals surface area contributed by atoms with Gasteiger partial charge in [-0.15, -0.1) is 0 Å². The number of carbonyl (C=O) groups is 1. The minimum atomic E-state index is -1.30. The summed E-state index contributed by atoms with van der Waals surface area (Å²) in [5, 5.41) is 10.5. The highest BCUT2D eigenvalue weighted by molar-refractivity contribution is 5.73. The third-order valence-corrected chi connectivity index (χ3v) is 3.11. The highest BCUT2D eigenvalue weighted by Crippen LogP contribution is 2.17. The second kappa shape index (κ2) is 6.19. The van der Waals surface area contributed by atoms with Crippen LogP contribution in [0.3, 0.4) is 0 Å². The lowest BCUT2D eigenvalue weighted by Crippen LogP contribution is -2.49. The van der Waals surface area contributed by atoms with Crippen LogP contribution in [-0.2, 0) is 9.53 Å². The molecule has 0 aromatic heterocycles. The van der Waals surface area contributed by atoms with Gasteiger partial charge in [0.1, 0.15) is 23.8 Å². The lowest BCUT2D eigenvalue weighted by Gasteiger charge is -2.30. The summed E-state index contributed by atoms with van der Waals surface area (Å²) < 4.78 is 23.8. The summed E-state index contributed by atoms with van der Waals surface area (Å²) in [5.41, 5.74) is -1.30. The minimum Gasteiger partial charge on any atom is -0.490 e. The number of carbonyl (C=O) groups excluding carboxylic acids is 1. The number of hydrogen-bond acceptors (Lipinski definition) is 4. The minimum absolute atomic E-state index is 0.0692. The van der Waals surface area contributed by atoms with Gasteiger partial charge in [0.2, 0.25) is 5.91 Å². The van der Waals surface area contributed by atoms with Gasteiger partial charge in [0, 0.05) is 19.5 Å². The Labute approximate surface area is 116 Å². The monoisotopic (exact) mass is 283 g/mol. The van der Waals surface area contributed by atoms with Gasteiger partial charge in [-0.2, -0.15) is 0 Å². The van der Waals surface area contributed by atoms with E-state index in [-0.39, 0.29) is 25.7 Å². The van der Waals surface area contributed by atoms with E-state index in [1.165, 1.54) is 30.0 Å². The van der Waals surface area contributed by atoms with Crippen LogP contribution in [0.5, 0.6) is 5.75 Å². The molecule has 1 heterocycles. The largest absolute Gasteiger partial charge is 0.490 e. The van der Waals surface area contributed by atoms with Crippen molar-refractivity contribution in [1.82, 2.24) is 4.90 Å². The maximum Gasteiger partial charge on any atom is 0.219 e. The van der Waals surface area contributed by atoms with Crippen LogP contribution in [0.25, 0.3) is 0 Å². The molecule has 1 fully saturated rings. The van der Waals surface area contributed by atoms with Crippen molar-refractivity contribution in [2.24, 2.45) is 0 Å². The molecule has 0 saturated carbocycles. The molecule has 110 valence electrons. The first-order chi connectivity index (χ1) is 9.48. The Bertz CT molecular complexity index is 482. The number of aliphatic hydroxyl groups is 1. The van der Waals surface area contributed by atoms with Crippen LogP contribution < -0.4 is 4.74 Å². The standard InChI is InChI=1S/C14H18FNO4/c1-11(17)16-5-6-19-9-14(18,8-16)10-20-13-4-2-3-12(15)7-13/h2-4,7,18H,5-6,8-10H2,1H3. The van der Waals surface area contributed by atoms with Gasteiger partial charge in [0.05, 0.1) is 19.8 Å². The molecule has 0 radical (unpaired) electrons. The molecule has 1 aliphatic rings. The van der Waals surface area contributed by atoms with Gasteiger partial charge in [0.25, 0.3) is 0 Å². The zero-order chi connectivity index (χ0) is 14.6. The molecule has 1 atom stereocenters. The summed E-state index contributed by atoms with van der Waals surface area (Å²) in [4.78, 5) is 12.9. The summed E-state index contributed by atoms with van der Waals surface area (Å²) >= 11 is 0. The van der Waals surface area contributed by atoms with Crippen molar-refractivity contribution in [2.75, 3.05) is 32.9 Å². The van der Waals surface area contributed by atoms with Gasteiger partial charge in [-0.05, 0) is 12.1 Å². The van der Waals surface area contributed by atoms with Gasteiger partial charge in [-0.1, -0.05) is 6.07 Å². The Morgan fingerprint density at radius 1 is 1.60 bits per heavy atom. The zero-order valence-corrected chi connectivity index (χ0v) is 11.3. The average Bonchev–Trinajstić information content (AvgIpc) is 2.59. The maximum absolute atomic E-state index is 13.0. The Morgan fingerprint density at radius 3 is 3.10 bits per heavy atom. The topological polar surface area (TPSA) is 59.0 Å². The number of β-amino-alcohol motifs (C(OH)–C–C–N with tert-alkyl or cyclic N) is 1. The molecule has 5 nitrogen and oxygen atoms in total. The highest BCUT2D eigenvalue weighted by Gasteiger charge is 2.34. The first-order valence-corrected chi connectivity index (χ1v) is 6.42. The molecule has 1 unspecified atom stereocenters. The third kappa shape index (κ3) is 3.91. The molecular weight excluding hydrogens is 265 g/mol. The summed E-state index contributed by atoms with van der Waals surface area (Å²) in [7, 11) is 0. The second-order valence-electron chi connectivity index (χ2n) is 4.96. The normalized spacial score (nSPS) is 23.2. The quantitative estimate of drug-likeness (QED) is 0.892. The zero-order valence-electron chi connectivity index (χ0n) is 11.3. The van der Waals surface area contributed by atoms with Gasteiger partial charge in [-0.25, -0.2) is 4.39 Å². The van der Waals surface area contributed by atoms with E-state index < -0.39 is 11.4 Å². The van der Waals surface area contributed by atoms with Crippen molar-refractivity contribution in [3.63, 3.8) is 0 Å². The van der Waals surface area contributed by atoms with Crippen LogP contribution in [-0.4, -0.2) is 54.4 Å². The van der Waals surface area contributed by atoms with E-state index in [2.05, 4.69) is 0 Å². The summed E-state index contributed by atoms with van der Waals surface area (Å²) in [6.45, 7) is 2.41. The number of hydrogen-bond donors (Lipinski definition) is 1. The van der Waals surface area contributed by atoms with Crippen molar-refractivity contribution in [3.05, 3.63) is 30.1 Å². The fourth-order valence-corrected chi connectivity index (χ4v) is 2.05. The van der Waals surface area contributed by atoms with E-state index >= 15 is 0 Å². The Hall–Kier alpha value is -1.66. The Morgan fingerprint density at radius 2 is 2.40 bits per heavy atom. The van der Waals surface area contributed by atoms with Gasteiger partial charge < -0.3 is 19.5 Å². The molecule has 1 N–H and O–H groups in total. The van der Waals surface area contributed by atoms with E-state index in [0.717, 1.165) is 0 Å². The Kier molecular flexibility index (Phi) is 4.57. The van der Waals surface area contributed by atoms with Crippen LogP contribution in [0.2, 0.25) is 0 Å². The number of ether oxygens (including phenoxy) is 2. The summed E-state index contributed by atoms with van der Waals surface area (Å²) in [6.07, 6.45) is 0. The Balaban J connectivity index is 2.00. The van der Waals surface area contributed by atoms with E-state index in [0.29, 0.717) is 18.9 Å². The first-order valence-electron chi connectivity index (χ1n) is 6.42. The smallest absolute Gasteiger partial charge is 0.219 e. The van der Waals surface area contributed by atoms with Crippen molar-refractivity contribution in [3.8, 4) is 5.75 Å². The number of amides is 1. The molecule has 0 aliphatic carbocycles. The van der Waals surface area contributed by atoms with Crippen LogP contribution in [0.4, 0.5) is 4.39 Å². The van der Waals surface area contributed by atoms with Crippen LogP contribution >= 0.6 is 0 Å². The maximum atomic E-state index is 13.0. The molecule has 1 aromatic carbocycles.